The van der Waals surface area contributed by atoms with Gasteiger partial charge in [-0.3, -0.25) is 4.79 Å². The number of esters is 1. The lowest BCUT2D eigenvalue weighted by atomic mass is 10.1. The van der Waals surface area contributed by atoms with Gasteiger partial charge in [0.2, 0.25) is 0 Å². The van der Waals surface area contributed by atoms with Crippen molar-refractivity contribution in [3.8, 4) is 0 Å². The molecule has 152 valence electrons. The first kappa shape index (κ1) is 23.2. The third-order valence-electron chi connectivity index (χ3n) is 4.71. The van der Waals surface area contributed by atoms with E-state index in [1.807, 2.05) is 11.0 Å². The number of nitrogens with zero attached hydrogens (tertiary/aromatic N) is 1. The molecule has 0 aromatic heterocycles. The van der Waals surface area contributed by atoms with Crippen LogP contribution >= 0.6 is 0 Å². The van der Waals surface area contributed by atoms with Crippen molar-refractivity contribution in [1.82, 2.24) is 4.90 Å². The number of hydrogen-bond donors (Lipinski definition) is 0. The number of rotatable bonds is 14. The topological polar surface area (TPSA) is 46.6 Å². The van der Waals surface area contributed by atoms with Crippen LogP contribution in [0, 0.1) is 0 Å². The van der Waals surface area contributed by atoms with E-state index in [4.69, 9.17) is 4.74 Å². The summed E-state index contributed by atoms with van der Waals surface area (Å²) in [5.74, 6) is -0.451. The minimum Gasteiger partial charge on any atom is -0.462 e. The summed E-state index contributed by atoms with van der Waals surface area (Å²) in [6.07, 6.45) is 9.56. The lowest BCUT2D eigenvalue weighted by Gasteiger charge is -2.23. The number of amides is 1. The number of benzene rings is 1. The minimum absolute atomic E-state index is 0.0626. The van der Waals surface area contributed by atoms with Gasteiger partial charge >= 0.3 is 5.97 Å². The first-order valence-corrected chi connectivity index (χ1v) is 10.7. The third kappa shape index (κ3) is 8.59. The van der Waals surface area contributed by atoms with E-state index in [1.54, 1.807) is 18.2 Å². The van der Waals surface area contributed by atoms with Gasteiger partial charge in [0, 0.05) is 13.1 Å². The normalized spacial score (nSPS) is 10.6. The molecule has 0 unspecified atom stereocenters. The van der Waals surface area contributed by atoms with Gasteiger partial charge in [0.15, 0.2) is 0 Å². The highest BCUT2D eigenvalue weighted by Crippen LogP contribution is 2.15. The molecule has 27 heavy (non-hydrogen) atoms. The molecule has 0 N–H and O–H groups in total. The molecule has 1 rings (SSSR count). The molecule has 0 aliphatic heterocycles. The first-order valence-electron chi connectivity index (χ1n) is 10.7. The highest BCUT2D eigenvalue weighted by atomic mass is 16.5. The summed E-state index contributed by atoms with van der Waals surface area (Å²) >= 11 is 0. The molecule has 1 aromatic rings. The van der Waals surface area contributed by atoms with Crippen LogP contribution in [0.15, 0.2) is 24.3 Å². The Morgan fingerprint density at radius 2 is 1.33 bits per heavy atom. The predicted molar refractivity (Wildman–Crippen MR) is 111 cm³/mol. The van der Waals surface area contributed by atoms with Gasteiger partial charge in [-0.15, -0.1) is 0 Å². The van der Waals surface area contributed by atoms with Crippen molar-refractivity contribution in [3.63, 3.8) is 0 Å². The molecule has 0 spiro atoms. The van der Waals surface area contributed by atoms with Crippen molar-refractivity contribution in [2.45, 2.75) is 78.6 Å². The van der Waals surface area contributed by atoms with E-state index >= 15 is 0 Å². The fraction of sp³-hybridized carbons (Fsp3) is 0.652. The predicted octanol–water partition coefficient (Wildman–Crippen LogP) is 5.86. The van der Waals surface area contributed by atoms with Gasteiger partial charge in [0.05, 0.1) is 17.7 Å². The van der Waals surface area contributed by atoms with Gasteiger partial charge in [0.1, 0.15) is 0 Å². The zero-order valence-corrected chi connectivity index (χ0v) is 17.5. The summed E-state index contributed by atoms with van der Waals surface area (Å²) in [6, 6.07) is 7.04. The fourth-order valence-electron chi connectivity index (χ4n) is 2.98. The van der Waals surface area contributed by atoms with E-state index in [9.17, 15) is 9.59 Å². The van der Waals surface area contributed by atoms with Crippen molar-refractivity contribution < 1.29 is 14.3 Å². The van der Waals surface area contributed by atoms with E-state index in [0.29, 0.717) is 17.7 Å². The third-order valence-corrected chi connectivity index (χ3v) is 4.71. The molecule has 0 aliphatic carbocycles. The molecule has 4 heteroatoms. The lowest BCUT2D eigenvalue weighted by molar-refractivity contribution is 0.0490. The van der Waals surface area contributed by atoms with E-state index < -0.39 is 0 Å². The Balaban J connectivity index is 2.74. The van der Waals surface area contributed by atoms with Crippen molar-refractivity contribution in [1.29, 1.82) is 0 Å². The van der Waals surface area contributed by atoms with Crippen LogP contribution in [0.1, 0.15) is 99.3 Å². The molecule has 0 fully saturated rings. The maximum atomic E-state index is 13.0. The molecule has 1 amide bonds. The molecule has 0 radical (unpaired) electrons. The number of carbonyl (C=O) groups is 2. The number of unbranched alkanes of at least 4 members (excludes halogenated alkanes) is 6. The second-order valence-corrected chi connectivity index (χ2v) is 7.10. The van der Waals surface area contributed by atoms with Crippen LogP contribution in [0.3, 0.4) is 0 Å². The maximum absolute atomic E-state index is 13.0. The van der Waals surface area contributed by atoms with Gasteiger partial charge in [-0.1, -0.05) is 71.4 Å². The van der Waals surface area contributed by atoms with Crippen molar-refractivity contribution >= 4 is 11.9 Å². The molecule has 0 saturated heterocycles. The van der Waals surface area contributed by atoms with Crippen LogP contribution in [0.25, 0.3) is 0 Å². The van der Waals surface area contributed by atoms with Gasteiger partial charge in [-0.05, 0) is 31.4 Å². The number of ether oxygens (including phenoxy) is 1. The quantitative estimate of drug-likeness (QED) is 0.302. The van der Waals surface area contributed by atoms with Gasteiger partial charge < -0.3 is 9.64 Å². The van der Waals surface area contributed by atoms with Crippen molar-refractivity contribution in [3.05, 3.63) is 35.4 Å². The zero-order chi connectivity index (χ0) is 19.9. The van der Waals surface area contributed by atoms with Crippen molar-refractivity contribution in [2.75, 3.05) is 19.7 Å². The van der Waals surface area contributed by atoms with Crippen LogP contribution in [0.2, 0.25) is 0 Å². The van der Waals surface area contributed by atoms with Crippen LogP contribution in [0.5, 0.6) is 0 Å². The summed E-state index contributed by atoms with van der Waals surface area (Å²) in [5.41, 5.74) is 0.842. The van der Waals surface area contributed by atoms with E-state index in [2.05, 4.69) is 20.8 Å². The Bertz CT molecular complexity index is 548. The Kier molecular flexibility index (Phi) is 12.2. The van der Waals surface area contributed by atoms with E-state index in [0.717, 1.165) is 51.6 Å². The SMILES string of the molecule is CCCCCCCOC(=O)c1ccccc1C(=O)N(CCCC)CCCC. The molecular formula is C23H37NO3. The highest BCUT2D eigenvalue weighted by Gasteiger charge is 2.22. The largest absolute Gasteiger partial charge is 0.462 e. The van der Waals surface area contributed by atoms with E-state index in [-0.39, 0.29) is 11.9 Å². The number of carbonyl (C=O) groups excluding carboxylic acids is 2. The molecular weight excluding hydrogens is 338 g/mol. The fourth-order valence-corrected chi connectivity index (χ4v) is 2.98. The zero-order valence-electron chi connectivity index (χ0n) is 17.5. The molecule has 0 saturated carbocycles. The lowest BCUT2D eigenvalue weighted by Crippen LogP contribution is -2.34. The van der Waals surface area contributed by atoms with Crippen molar-refractivity contribution in [2.24, 2.45) is 0 Å². The average Bonchev–Trinajstić information content (AvgIpc) is 2.70. The Labute approximate surface area is 165 Å². The van der Waals surface area contributed by atoms with Gasteiger partial charge in [-0.2, -0.15) is 0 Å². The standard InChI is InChI=1S/C23H37NO3/c1-4-7-10-11-14-19-27-23(26)21-16-13-12-15-20(21)22(25)24(17-8-5-2)18-9-6-3/h12-13,15-16H,4-11,14,17-19H2,1-3H3. The van der Waals surface area contributed by atoms with Crippen LogP contribution in [0.4, 0.5) is 0 Å². The maximum Gasteiger partial charge on any atom is 0.338 e. The smallest absolute Gasteiger partial charge is 0.338 e. The molecule has 0 aliphatic rings. The molecule has 4 nitrogen and oxygen atoms in total. The highest BCUT2D eigenvalue weighted by molar-refractivity contribution is 6.05. The summed E-state index contributed by atoms with van der Waals surface area (Å²) in [5, 5.41) is 0. The van der Waals surface area contributed by atoms with Crippen LogP contribution in [-0.2, 0) is 4.74 Å². The summed E-state index contributed by atoms with van der Waals surface area (Å²) in [4.78, 5) is 27.4. The molecule has 0 bridgehead atoms. The molecule has 1 aromatic carbocycles. The second-order valence-electron chi connectivity index (χ2n) is 7.10. The number of hydrogen-bond acceptors (Lipinski definition) is 3. The minimum atomic E-state index is -0.389. The second kappa shape index (κ2) is 14.2. The Morgan fingerprint density at radius 1 is 0.778 bits per heavy atom. The summed E-state index contributed by atoms with van der Waals surface area (Å²) in [7, 11) is 0. The summed E-state index contributed by atoms with van der Waals surface area (Å²) < 4.78 is 5.43. The molecule has 0 heterocycles. The molecule has 0 atom stereocenters. The van der Waals surface area contributed by atoms with Crippen LogP contribution in [-0.4, -0.2) is 36.5 Å². The average molecular weight is 376 g/mol. The van der Waals surface area contributed by atoms with Crippen LogP contribution < -0.4 is 0 Å². The van der Waals surface area contributed by atoms with Gasteiger partial charge in [-0.25, -0.2) is 4.79 Å². The Morgan fingerprint density at radius 3 is 1.93 bits per heavy atom. The Hall–Kier alpha value is -1.84. The van der Waals surface area contributed by atoms with E-state index in [1.165, 1.54) is 19.3 Å². The summed E-state index contributed by atoms with van der Waals surface area (Å²) in [6.45, 7) is 8.30. The first-order chi connectivity index (χ1) is 13.2. The van der Waals surface area contributed by atoms with Gasteiger partial charge in [0.25, 0.3) is 5.91 Å². The monoisotopic (exact) mass is 375 g/mol.